The van der Waals surface area contributed by atoms with Gasteiger partial charge in [-0.15, -0.1) is 12.4 Å². The highest BCUT2D eigenvalue weighted by Gasteiger charge is 2.33. The van der Waals surface area contributed by atoms with E-state index < -0.39 is 6.04 Å². The number of ether oxygens (including phenoxy) is 2. The molecule has 1 aliphatic heterocycles. The third-order valence-electron chi connectivity index (χ3n) is 4.36. The molecule has 4 nitrogen and oxygen atoms in total. The maximum Gasteiger partial charge on any atom is 0.323 e. The summed E-state index contributed by atoms with van der Waals surface area (Å²) in [5, 5.41) is 0. The summed E-state index contributed by atoms with van der Waals surface area (Å²) < 4.78 is 11.7. The SMILES string of the molecule is CC(C)CC[C@H]1CCC[C@H](N)C(=O)O[C@@H](C)[C@@H]1OCC(C)C.Cl. The van der Waals surface area contributed by atoms with Crippen LogP contribution in [0.3, 0.4) is 0 Å². The van der Waals surface area contributed by atoms with Gasteiger partial charge in [-0.1, -0.05) is 40.5 Å². The minimum absolute atomic E-state index is 0. The number of esters is 1. The van der Waals surface area contributed by atoms with E-state index in [9.17, 15) is 4.79 Å². The molecule has 23 heavy (non-hydrogen) atoms. The molecule has 1 fully saturated rings. The highest BCUT2D eigenvalue weighted by atomic mass is 35.5. The number of cyclic esters (lactones) is 1. The fourth-order valence-corrected chi connectivity index (χ4v) is 3.03. The molecule has 1 saturated heterocycles. The third kappa shape index (κ3) is 8.37. The quantitative estimate of drug-likeness (QED) is 0.737. The minimum atomic E-state index is -0.489. The Morgan fingerprint density at radius 1 is 1.22 bits per heavy atom. The van der Waals surface area contributed by atoms with Crippen molar-refractivity contribution in [2.75, 3.05) is 6.61 Å². The van der Waals surface area contributed by atoms with E-state index in [1.54, 1.807) is 0 Å². The van der Waals surface area contributed by atoms with Crippen LogP contribution < -0.4 is 5.73 Å². The molecule has 1 aliphatic rings. The maximum atomic E-state index is 12.0. The summed E-state index contributed by atoms with van der Waals surface area (Å²) in [6.45, 7) is 11.4. The second-order valence-corrected chi connectivity index (χ2v) is 7.60. The monoisotopic (exact) mass is 349 g/mol. The van der Waals surface area contributed by atoms with Crippen molar-refractivity contribution in [3.8, 4) is 0 Å². The maximum absolute atomic E-state index is 12.0. The molecular formula is C18H36ClNO3. The zero-order valence-electron chi connectivity index (χ0n) is 15.4. The van der Waals surface area contributed by atoms with Crippen LogP contribution in [-0.4, -0.2) is 30.8 Å². The molecule has 138 valence electrons. The number of rotatable bonds is 6. The van der Waals surface area contributed by atoms with Crippen molar-refractivity contribution >= 4 is 18.4 Å². The van der Waals surface area contributed by atoms with Gasteiger partial charge in [-0.2, -0.15) is 0 Å². The van der Waals surface area contributed by atoms with Gasteiger partial charge in [0, 0.05) is 6.61 Å². The number of carbonyl (C=O) groups is 1. The van der Waals surface area contributed by atoms with E-state index in [-0.39, 0.29) is 30.6 Å². The number of hydrogen-bond acceptors (Lipinski definition) is 4. The highest BCUT2D eigenvalue weighted by molar-refractivity contribution is 5.85. The first-order valence-corrected chi connectivity index (χ1v) is 8.88. The van der Waals surface area contributed by atoms with Crippen molar-refractivity contribution in [1.29, 1.82) is 0 Å². The van der Waals surface area contributed by atoms with E-state index in [1.165, 1.54) is 6.42 Å². The van der Waals surface area contributed by atoms with Crippen LogP contribution in [0, 0.1) is 17.8 Å². The van der Waals surface area contributed by atoms with E-state index in [0.717, 1.165) is 19.3 Å². The van der Waals surface area contributed by atoms with E-state index >= 15 is 0 Å². The van der Waals surface area contributed by atoms with Gasteiger partial charge in [-0.25, -0.2) is 0 Å². The first-order valence-electron chi connectivity index (χ1n) is 8.88. The predicted octanol–water partition coefficient (Wildman–Crippen LogP) is 3.94. The molecule has 0 spiro atoms. The molecule has 0 saturated carbocycles. The molecule has 4 atom stereocenters. The van der Waals surface area contributed by atoms with Crippen LogP contribution in [0.2, 0.25) is 0 Å². The van der Waals surface area contributed by atoms with E-state index in [0.29, 0.717) is 30.8 Å². The van der Waals surface area contributed by atoms with Crippen molar-refractivity contribution in [2.24, 2.45) is 23.5 Å². The van der Waals surface area contributed by atoms with Crippen molar-refractivity contribution in [1.82, 2.24) is 0 Å². The van der Waals surface area contributed by atoms with Gasteiger partial charge in [0.1, 0.15) is 12.1 Å². The standard InChI is InChI=1S/C18H35NO3.ClH/c1-12(2)9-10-15-7-6-8-16(19)18(20)22-14(5)17(15)21-11-13(3)4;/h12-17H,6-11,19H2,1-5H3;1H/t14-,15+,16-,17-;/m0./s1. The van der Waals surface area contributed by atoms with Gasteiger partial charge in [0.05, 0.1) is 6.10 Å². The predicted molar refractivity (Wildman–Crippen MR) is 96.8 cm³/mol. The first-order chi connectivity index (χ1) is 10.3. The number of hydrogen-bond donors (Lipinski definition) is 1. The summed E-state index contributed by atoms with van der Waals surface area (Å²) in [4.78, 5) is 12.0. The average molecular weight is 350 g/mol. The Kier molecular flexibility index (Phi) is 11.1. The molecule has 0 unspecified atom stereocenters. The third-order valence-corrected chi connectivity index (χ3v) is 4.36. The fraction of sp³-hybridized carbons (Fsp3) is 0.944. The van der Waals surface area contributed by atoms with Crippen molar-refractivity contribution in [3.63, 3.8) is 0 Å². The molecule has 0 radical (unpaired) electrons. The Balaban J connectivity index is 0.00000484. The topological polar surface area (TPSA) is 61.6 Å². The second kappa shape index (κ2) is 11.3. The van der Waals surface area contributed by atoms with Gasteiger partial charge in [0.2, 0.25) is 0 Å². The van der Waals surface area contributed by atoms with Gasteiger partial charge in [-0.3, -0.25) is 4.79 Å². The Hall–Kier alpha value is -0.320. The average Bonchev–Trinajstić information content (AvgIpc) is 2.46. The van der Waals surface area contributed by atoms with Crippen LogP contribution in [0.4, 0.5) is 0 Å². The number of halogens is 1. The summed E-state index contributed by atoms with van der Waals surface area (Å²) in [7, 11) is 0. The molecule has 0 aromatic carbocycles. The minimum Gasteiger partial charge on any atom is -0.459 e. The Morgan fingerprint density at radius 3 is 2.43 bits per heavy atom. The van der Waals surface area contributed by atoms with Crippen LogP contribution in [0.1, 0.15) is 66.7 Å². The lowest BCUT2D eigenvalue weighted by Crippen LogP contribution is -2.40. The van der Waals surface area contributed by atoms with E-state index in [2.05, 4.69) is 27.7 Å². The van der Waals surface area contributed by atoms with Crippen LogP contribution in [0.5, 0.6) is 0 Å². The van der Waals surface area contributed by atoms with Crippen LogP contribution in [-0.2, 0) is 14.3 Å². The van der Waals surface area contributed by atoms with E-state index in [1.807, 2.05) is 6.92 Å². The summed E-state index contributed by atoms with van der Waals surface area (Å²) in [6, 6.07) is -0.489. The van der Waals surface area contributed by atoms with Gasteiger partial charge in [0.25, 0.3) is 0 Å². The highest BCUT2D eigenvalue weighted by Crippen LogP contribution is 2.29. The second-order valence-electron chi connectivity index (χ2n) is 7.60. The molecule has 0 aromatic heterocycles. The Labute approximate surface area is 148 Å². The first kappa shape index (κ1) is 22.7. The molecule has 0 bridgehead atoms. The zero-order valence-corrected chi connectivity index (χ0v) is 16.2. The largest absolute Gasteiger partial charge is 0.459 e. The Morgan fingerprint density at radius 2 is 1.87 bits per heavy atom. The van der Waals surface area contributed by atoms with Gasteiger partial charge >= 0.3 is 5.97 Å². The molecule has 1 heterocycles. The number of carbonyl (C=O) groups excluding carboxylic acids is 1. The van der Waals surface area contributed by atoms with Crippen molar-refractivity contribution in [2.45, 2.75) is 85.0 Å². The number of nitrogens with two attached hydrogens (primary N) is 1. The molecule has 0 amide bonds. The van der Waals surface area contributed by atoms with Crippen LogP contribution in [0.25, 0.3) is 0 Å². The fourth-order valence-electron chi connectivity index (χ4n) is 3.03. The van der Waals surface area contributed by atoms with Crippen LogP contribution in [0.15, 0.2) is 0 Å². The lowest BCUT2D eigenvalue weighted by Gasteiger charge is -2.32. The van der Waals surface area contributed by atoms with Crippen molar-refractivity contribution in [3.05, 3.63) is 0 Å². The zero-order chi connectivity index (χ0) is 16.7. The normalized spacial score (nSPS) is 29.5. The van der Waals surface area contributed by atoms with Crippen LogP contribution >= 0.6 is 12.4 Å². The summed E-state index contributed by atoms with van der Waals surface area (Å²) >= 11 is 0. The van der Waals surface area contributed by atoms with Gasteiger partial charge in [-0.05, 0) is 43.9 Å². The van der Waals surface area contributed by atoms with Gasteiger partial charge in [0.15, 0.2) is 0 Å². The smallest absolute Gasteiger partial charge is 0.323 e. The summed E-state index contributed by atoms with van der Waals surface area (Å²) in [6.07, 6.45) is 4.79. The lowest BCUT2D eigenvalue weighted by molar-refractivity contribution is -0.161. The molecule has 1 rings (SSSR count). The van der Waals surface area contributed by atoms with Gasteiger partial charge < -0.3 is 15.2 Å². The van der Waals surface area contributed by atoms with Crippen molar-refractivity contribution < 1.29 is 14.3 Å². The molecular weight excluding hydrogens is 314 g/mol. The molecule has 2 N–H and O–H groups in total. The molecule has 5 heteroatoms. The summed E-state index contributed by atoms with van der Waals surface area (Å²) in [5.41, 5.74) is 5.90. The molecule has 0 aliphatic carbocycles. The lowest BCUT2D eigenvalue weighted by atomic mass is 9.86. The summed E-state index contributed by atoms with van der Waals surface area (Å²) in [5.74, 6) is 1.31. The Bertz CT molecular complexity index is 336. The molecule has 0 aromatic rings. The van der Waals surface area contributed by atoms with E-state index in [4.69, 9.17) is 15.2 Å².